The van der Waals surface area contributed by atoms with E-state index in [0.29, 0.717) is 10.6 Å². The fraction of sp³-hybridized carbons (Fsp3) is 0.0952. The van der Waals surface area contributed by atoms with E-state index in [1.807, 2.05) is 42.9 Å². The van der Waals surface area contributed by atoms with Crippen molar-refractivity contribution in [2.45, 2.75) is 6.04 Å². The normalized spacial score (nSPS) is 12.2. The topological polar surface area (TPSA) is 36.1 Å². The maximum absolute atomic E-state index is 13.1. The lowest BCUT2D eigenvalue weighted by Gasteiger charge is -2.27. The molecule has 3 nitrogen and oxygen atoms in total. The van der Waals surface area contributed by atoms with Gasteiger partial charge >= 0.3 is 0 Å². The predicted molar refractivity (Wildman–Crippen MR) is 108 cm³/mol. The van der Waals surface area contributed by atoms with Crippen LogP contribution in [0.25, 0.3) is 10.9 Å². The molecule has 0 aliphatic heterocycles. The van der Waals surface area contributed by atoms with Crippen molar-refractivity contribution in [2.24, 2.45) is 0 Å². The predicted octanol–water partition coefficient (Wildman–Crippen LogP) is 5.74. The molecule has 1 amide bonds. The van der Waals surface area contributed by atoms with E-state index in [0.717, 1.165) is 21.3 Å². The Balaban J connectivity index is 1.80. The van der Waals surface area contributed by atoms with Crippen LogP contribution in [0.3, 0.4) is 0 Å². The molecule has 2 heterocycles. The monoisotopic (exact) mass is 380 g/mol. The number of halogens is 1. The number of H-pyrrole nitrogens is 1. The largest absolute Gasteiger partial charge is 0.361 e. The van der Waals surface area contributed by atoms with E-state index in [9.17, 15) is 4.79 Å². The molecule has 5 heteroatoms. The minimum absolute atomic E-state index is 0.0591. The molecule has 130 valence electrons. The van der Waals surface area contributed by atoms with Gasteiger partial charge in [0, 0.05) is 45.2 Å². The van der Waals surface area contributed by atoms with Gasteiger partial charge in [-0.1, -0.05) is 41.9 Å². The average molecular weight is 381 g/mol. The highest BCUT2D eigenvalue weighted by Crippen LogP contribution is 2.36. The van der Waals surface area contributed by atoms with Crippen LogP contribution in [0, 0.1) is 0 Å². The SMILES string of the molecule is CN(C(=O)c1cccc(Cl)c1)C(c1cccs1)c1c[nH]c2ccccc12. The summed E-state index contributed by atoms with van der Waals surface area (Å²) >= 11 is 7.72. The molecule has 0 aliphatic carbocycles. The van der Waals surface area contributed by atoms with Crippen LogP contribution in [0.15, 0.2) is 72.2 Å². The third-order valence-electron chi connectivity index (χ3n) is 4.51. The number of carbonyl (C=O) groups excluding carboxylic acids is 1. The number of carbonyl (C=O) groups is 1. The minimum Gasteiger partial charge on any atom is -0.361 e. The second-order valence-corrected chi connectivity index (χ2v) is 7.55. The van der Waals surface area contributed by atoms with Crippen molar-refractivity contribution < 1.29 is 4.79 Å². The van der Waals surface area contributed by atoms with E-state index < -0.39 is 0 Å². The number of amides is 1. The first kappa shape index (κ1) is 16.9. The van der Waals surface area contributed by atoms with Crippen LogP contribution in [0.2, 0.25) is 5.02 Å². The molecule has 2 aromatic heterocycles. The van der Waals surface area contributed by atoms with Crippen molar-refractivity contribution in [1.29, 1.82) is 0 Å². The summed E-state index contributed by atoms with van der Waals surface area (Å²) in [4.78, 5) is 19.3. The van der Waals surface area contributed by atoms with Gasteiger partial charge in [-0.25, -0.2) is 0 Å². The number of para-hydroxylation sites is 1. The highest BCUT2D eigenvalue weighted by atomic mass is 35.5. The minimum atomic E-state index is -0.169. The third kappa shape index (κ3) is 3.02. The van der Waals surface area contributed by atoms with Crippen LogP contribution >= 0.6 is 22.9 Å². The fourth-order valence-electron chi connectivity index (χ4n) is 3.26. The quantitative estimate of drug-likeness (QED) is 0.481. The van der Waals surface area contributed by atoms with Gasteiger partial charge in [-0.15, -0.1) is 11.3 Å². The first-order chi connectivity index (χ1) is 12.6. The standard InChI is InChI=1S/C21H17ClN2OS/c1-24(21(25)14-6-4-7-15(22)12-14)20(19-10-5-11-26-19)17-13-23-18-9-3-2-8-16(17)18/h2-13,20,23H,1H3. The molecule has 4 aromatic rings. The number of fused-ring (bicyclic) bond motifs is 1. The Labute approximate surface area is 160 Å². The highest BCUT2D eigenvalue weighted by Gasteiger charge is 2.27. The van der Waals surface area contributed by atoms with Gasteiger partial charge in [0.15, 0.2) is 0 Å². The zero-order valence-electron chi connectivity index (χ0n) is 14.1. The summed E-state index contributed by atoms with van der Waals surface area (Å²) in [6.45, 7) is 0. The molecule has 0 saturated carbocycles. The fourth-order valence-corrected chi connectivity index (χ4v) is 4.34. The number of nitrogens with zero attached hydrogens (tertiary/aromatic N) is 1. The molecule has 4 rings (SSSR count). The number of aromatic nitrogens is 1. The van der Waals surface area contributed by atoms with Crippen LogP contribution in [0.1, 0.15) is 26.8 Å². The maximum atomic E-state index is 13.1. The van der Waals surface area contributed by atoms with Crippen molar-refractivity contribution >= 4 is 39.7 Å². The summed E-state index contributed by atoms with van der Waals surface area (Å²) in [7, 11) is 1.84. The van der Waals surface area contributed by atoms with Crippen LogP contribution in [-0.4, -0.2) is 22.8 Å². The maximum Gasteiger partial charge on any atom is 0.254 e. The summed E-state index contributed by atoms with van der Waals surface area (Å²) in [5, 5.41) is 3.72. The summed E-state index contributed by atoms with van der Waals surface area (Å²) in [5.41, 5.74) is 2.73. The molecule has 1 N–H and O–H groups in total. The summed E-state index contributed by atoms with van der Waals surface area (Å²) in [6.07, 6.45) is 2.00. The lowest BCUT2D eigenvalue weighted by Crippen LogP contribution is -2.31. The first-order valence-corrected chi connectivity index (χ1v) is 9.53. The summed E-state index contributed by atoms with van der Waals surface area (Å²) < 4.78 is 0. The van der Waals surface area contributed by atoms with Crippen LogP contribution < -0.4 is 0 Å². The van der Waals surface area contributed by atoms with Crippen LogP contribution in [0.4, 0.5) is 0 Å². The van der Waals surface area contributed by atoms with Gasteiger partial charge in [0.25, 0.3) is 5.91 Å². The lowest BCUT2D eigenvalue weighted by atomic mass is 10.0. The molecule has 0 spiro atoms. The van der Waals surface area contributed by atoms with Gasteiger partial charge < -0.3 is 9.88 Å². The molecule has 1 unspecified atom stereocenters. The third-order valence-corrected chi connectivity index (χ3v) is 5.67. The van der Waals surface area contributed by atoms with Crippen molar-refractivity contribution in [1.82, 2.24) is 9.88 Å². The van der Waals surface area contributed by atoms with Gasteiger partial charge in [0.2, 0.25) is 0 Å². The Hall–Kier alpha value is -2.56. The lowest BCUT2D eigenvalue weighted by molar-refractivity contribution is 0.0758. The Morgan fingerprint density at radius 1 is 1.12 bits per heavy atom. The van der Waals surface area contributed by atoms with Crippen LogP contribution in [-0.2, 0) is 0 Å². The molecule has 0 fully saturated rings. The molecule has 0 radical (unpaired) electrons. The van der Waals surface area contributed by atoms with Crippen molar-refractivity contribution in [2.75, 3.05) is 7.05 Å². The molecule has 2 aromatic carbocycles. The molecule has 26 heavy (non-hydrogen) atoms. The van der Waals surface area contributed by atoms with Crippen molar-refractivity contribution in [3.05, 3.63) is 93.3 Å². The number of thiophene rings is 1. The smallest absolute Gasteiger partial charge is 0.254 e. The molecule has 1 atom stereocenters. The Kier molecular flexibility index (Phi) is 4.53. The van der Waals surface area contributed by atoms with Crippen molar-refractivity contribution in [3.8, 4) is 0 Å². The van der Waals surface area contributed by atoms with Gasteiger partial charge in [-0.2, -0.15) is 0 Å². The average Bonchev–Trinajstić information content (AvgIpc) is 3.32. The summed E-state index contributed by atoms with van der Waals surface area (Å²) in [5.74, 6) is -0.0591. The zero-order chi connectivity index (χ0) is 18.1. The van der Waals surface area contributed by atoms with Gasteiger partial charge in [-0.05, 0) is 35.7 Å². The van der Waals surface area contributed by atoms with E-state index >= 15 is 0 Å². The van der Waals surface area contributed by atoms with Crippen LogP contribution in [0.5, 0.6) is 0 Å². The zero-order valence-corrected chi connectivity index (χ0v) is 15.7. The number of hydrogen-bond acceptors (Lipinski definition) is 2. The molecule has 0 saturated heterocycles. The second-order valence-electron chi connectivity index (χ2n) is 6.13. The van der Waals surface area contributed by atoms with E-state index in [2.05, 4.69) is 17.1 Å². The molecule has 0 bridgehead atoms. The molecule has 0 aliphatic rings. The molecular formula is C21H17ClN2OS. The number of rotatable bonds is 4. The summed E-state index contributed by atoms with van der Waals surface area (Å²) in [6, 6.07) is 19.1. The Bertz CT molecular complexity index is 1050. The first-order valence-electron chi connectivity index (χ1n) is 8.27. The highest BCUT2D eigenvalue weighted by molar-refractivity contribution is 7.10. The van der Waals surface area contributed by atoms with E-state index in [1.165, 1.54) is 0 Å². The number of benzene rings is 2. The number of nitrogens with one attached hydrogen (secondary N) is 1. The van der Waals surface area contributed by atoms with E-state index in [1.54, 1.807) is 40.5 Å². The van der Waals surface area contributed by atoms with Gasteiger partial charge in [0.05, 0.1) is 6.04 Å². The number of hydrogen-bond donors (Lipinski definition) is 1. The van der Waals surface area contributed by atoms with Gasteiger partial charge in [0.1, 0.15) is 0 Å². The Morgan fingerprint density at radius 2 is 1.96 bits per heavy atom. The van der Waals surface area contributed by atoms with Crippen molar-refractivity contribution in [3.63, 3.8) is 0 Å². The van der Waals surface area contributed by atoms with E-state index in [4.69, 9.17) is 11.6 Å². The molecular weight excluding hydrogens is 364 g/mol. The van der Waals surface area contributed by atoms with Gasteiger partial charge in [-0.3, -0.25) is 4.79 Å². The Morgan fingerprint density at radius 3 is 2.73 bits per heavy atom. The van der Waals surface area contributed by atoms with E-state index in [-0.39, 0.29) is 11.9 Å². The number of aromatic amines is 1. The second kappa shape index (κ2) is 6.98.